The van der Waals surface area contributed by atoms with Crippen LogP contribution in [0.1, 0.15) is 21.5 Å². The summed E-state index contributed by atoms with van der Waals surface area (Å²) in [4.78, 5) is 50.1. The number of hydrogen-bond donors (Lipinski definition) is 2. The molecule has 0 aliphatic heterocycles. The number of benzene rings is 3. The molecule has 0 unspecified atom stereocenters. The van der Waals surface area contributed by atoms with E-state index in [-0.39, 0.29) is 43.4 Å². The van der Waals surface area contributed by atoms with Crippen molar-refractivity contribution in [1.82, 2.24) is 4.90 Å². The smallest absolute Gasteiger partial charge is 0.337 e. The van der Waals surface area contributed by atoms with E-state index >= 15 is 0 Å². The third-order valence-corrected chi connectivity index (χ3v) is 5.73. The summed E-state index contributed by atoms with van der Waals surface area (Å²) < 4.78 is 20.3. The van der Waals surface area contributed by atoms with Crippen molar-refractivity contribution in [2.75, 3.05) is 45.9 Å². The Labute approximate surface area is 237 Å². The van der Waals surface area contributed by atoms with Crippen molar-refractivity contribution >= 4 is 29.4 Å². The highest BCUT2D eigenvalue weighted by molar-refractivity contribution is 5.97. The maximum Gasteiger partial charge on any atom is 0.337 e. The number of nitrogens with zero attached hydrogens (tertiary/aromatic N) is 1. The molecule has 0 saturated heterocycles. The molecule has 0 atom stereocenters. The minimum Gasteiger partial charge on any atom is -0.497 e. The minimum absolute atomic E-state index is 0.0137. The van der Waals surface area contributed by atoms with Crippen molar-refractivity contribution in [3.05, 3.63) is 89.5 Å². The first-order valence-electron chi connectivity index (χ1n) is 12.7. The van der Waals surface area contributed by atoms with Crippen molar-refractivity contribution in [2.45, 2.75) is 13.0 Å². The van der Waals surface area contributed by atoms with Gasteiger partial charge in [-0.25, -0.2) is 4.79 Å². The van der Waals surface area contributed by atoms with Crippen LogP contribution in [0.4, 0.5) is 5.69 Å². The Morgan fingerprint density at radius 2 is 1.44 bits per heavy atom. The topological polar surface area (TPSA) is 141 Å². The van der Waals surface area contributed by atoms with Crippen LogP contribution in [0.15, 0.2) is 72.8 Å². The summed E-state index contributed by atoms with van der Waals surface area (Å²) in [5.41, 5.74) is 2.22. The lowest BCUT2D eigenvalue weighted by Gasteiger charge is -2.21. The number of methoxy groups -OCH3 is 2. The molecule has 3 aromatic carbocycles. The van der Waals surface area contributed by atoms with E-state index in [9.17, 15) is 24.3 Å². The second-order valence-corrected chi connectivity index (χ2v) is 8.87. The zero-order chi connectivity index (χ0) is 29.6. The summed E-state index contributed by atoms with van der Waals surface area (Å²) in [5.74, 6) is -1.47. The molecule has 0 aliphatic rings. The molecular weight excluding hydrogens is 532 g/mol. The van der Waals surface area contributed by atoms with E-state index in [0.29, 0.717) is 23.6 Å². The second kappa shape index (κ2) is 15.8. The predicted octanol–water partition coefficient (Wildman–Crippen LogP) is 3.17. The summed E-state index contributed by atoms with van der Waals surface area (Å²) in [5, 5.41) is 12.2. The molecule has 0 heterocycles. The predicted molar refractivity (Wildman–Crippen MR) is 149 cm³/mol. The summed E-state index contributed by atoms with van der Waals surface area (Å²) >= 11 is 0. The van der Waals surface area contributed by atoms with Crippen molar-refractivity contribution in [1.29, 1.82) is 0 Å². The monoisotopic (exact) mass is 564 g/mol. The molecule has 2 N–H and O–H groups in total. The Kier molecular flexibility index (Phi) is 11.8. The van der Waals surface area contributed by atoms with Crippen molar-refractivity contribution in [3.8, 4) is 11.5 Å². The Morgan fingerprint density at radius 3 is 2.05 bits per heavy atom. The number of aliphatic carboxylic acids is 1. The normalized spacial score (nSPS) is 10.5. The number of nitrogens with one attached hydrogen (secondary N) is 1. The van der Waals surface area contributed by atoms with Crippen LogP contribution in [0, 0.1) is 0 Å². The van der Waals surface area contributed by atoms with Crippen LogP contribution in [-0.4, -0.2) is 74.3 Å². The summed E-state index contributed by atoms with van der Waals surface area (Å²) in [6, 6.07) is 19.8. The van der Waals surface area contributed by atoms with E-state index in [1.807, 2.05) is 0 Å². The lowest BCUT2D eigenvalue weighted by atomic mass is 10.1. The van der Waals surface area contributed by atoms with Crippen molar-refractivity contribution < 1.29 is 43.2 Å². The number of carbonyl (C=O) groups excluding carboxylic acids is 3. The second-order valence-electron chi connectivity index (χ2n) is 8.87. The maximum atomic E-state index is 13.1. The Balaban J connectivity index is 1.57. The van der Waals surface area contributed by atoms with Gasteiger partial charge in [0.05, 0.1) is 26.7 Å². The van der Waals surface area contributed by atoms with Crippen LogP contribution in [0.3, 0.4) is 0 Å². The van der Waals surface area contributed by atoms with Gasteiger partial charge in [-0.15, -0.1) is 0 Å². The average Bonchev–Trinajstić information content (AvgIpc) is 2.96. The van der Waals surface area contributed by atoms with E-state index in [1.165, 1.54) is 24.1 Å². The molecule has 2 amide bonds. The van der Waals surface area contributed by atoms with Gasteiger partial charge in [-0.2, -0.15) is 0 Å². The van der Waals surface area contributed by atoms with Gasteiger partial charge in [0.15, 0.2) is 0 Å². The average molecular weight is 565 g/mol. The van der Waals surface area contributed by atoms with Crippen LogP contribution < -0.4 is 14.8 Å². The molecule has 0 radical (unpaired) electrons. The highest BCUT2D eigenvalue weighted by atomic mass is 16.6. The standard InChI is InChI=1S/C30H32N2O9/c1-38-15-16-40-20-29(36)41-26-13-5-22(6-14-26)18-32(19-28(34)35)30(37)23-7-9-24(10-8-23)31-27(33)17-21-3-11-25(39-2)12-4-21/h3-14H,15-20H2,1-2H3,(H,31,33)(H,34,35). The largest absolute Gasteiger partial charge is 0.497 e. The number of carboxylic acid groups (broad SMARTS) is 1. The molecule has 3 rings (SSSR count). The van der Waals surface area contributed by atoms with E-state index in [1.54, 1.807) is 67.8 Å². The van der Waals surface area contributed by atoms with Crippen LogP contribution in [0.2, 0.25) is 0 Å². The number of hydrogen-bond acceptors (Lipinski definition) is 8. The van der Waals surface area contributed by atoms with Crippen molar-refractivity contribution in [3.63, 3.8) is 0 Å². The van der Waals surface area contributed by atoms with Gasteiger partial charge in [-0.1, -0.05) is 24.3 Å². The van der Waals surface area contributed by atoms with Crippen LogP contribution in [0.25, 0.3) is 0 Å². The first kappa shape index (κ1) is 30.8. The van der Waals surface area contributed by atoms with Gasteiger partial charge in [-0.05, 0) is 59.7 Å². The Hall–Kier alpha value is -4.74. The molecule has 0 fully saturated rings. The first-order valence-corrected chi connectivity index (χ1v) is 12.7. The Bertz CT molecular complexity index is 1310. The van der Waals surface area contributed by atoms with Crippen LogP contribution in [0.5, 0.6) is 11.5 Å². The molecule has 0 aromatic heterocycles. The zero-order valence-corrected chi connectivity index (χ0v) is 22.8. The fraction of sp³-hybridized carbons (Fsp3) is 0.267. The molecular formula is C30H32N2O9. The van der Waals surface area contributed by atoms with E-state index in [4.69, 9.17) is 18.9 Å². The minimum atomic E-state index is -1.17. The van der Waals surface area contributed by atoms with Gasteiger partial charge in [0.25, 0.3) is 5.91 Å². The number of esters is 1. The molecule has 0 saturated carbocycles. The third-order valence-electron chi connectivity index (χ3n) is 5.73. The van der Waals surface area contributed by atoms with Gasteiger partial charge in [0, 0.05) is 24.9 Å². The molecule has 0 aliphatic carbocycles. The lowest BCUT2D eigenvalue weighted by Crippen LogP contribution is -2.35. The van der Waals surface area contributed by atoms with E-state index in [2.05, 4.69) is 5.32 Å². The van der Waals surface area contributed by atoms with Gasteiger partial charge < -0.3 is 34.3 Å². The van der Waals surface area contributed by atoms with Crippen molar-refractivity contribution in [2.24, 2.45) is 0 Å². The molecule has 11 heteroatoms. The third kappa shape index (κ3) is 10.4. The fourth-order valence-corrected chi connectivity index (χ4v) is 3.72. The summed E-state index contributed by atoms with van der Waals surface area (Å²) in [6.07, 6.45) is 0.164. The molecule has 216 valence electrons. The van der Waals surface area contributed by atoms with E-state index in [0.717, 1.165) is 5.56 Å². The Morgan fingerprint density at radius 1 is 0.805 bits per heavy atom. The van der Waals surface area contributed by atoms with E-state index < -0.39 is 24.4 Å². The van der Waals surface area contributed by atoms with Crippen LogP contribution >= 0.6 is 0 Å². The molecule has 41 heavy (non-hydrogen) atoms. The van der Waals surface area contributed by atoms with Gasteiger partial charge >= 0.3 is 11.9 Å². The highest BCUT2D eigenvalue weighted by Crippen LogP contribution is 2.18. The molecule has 3 aromatic rings. The maximum absolute atomic E-state index is 13.1. The summed E-state index contributed by atoms with van der Waals surface area (Å²) in [6.45, 7) is -0.106. The number of anilines is 1. The van der Waals surface area contributed by atoms with Crippen LogP contribution in [-0.2, 0) is 36.8 Å². The fourth-order valence-electron chi connectivity index (χ4n) is 3.72. The number of carboxylic acids is 1. The number of amides is 2. The highest BCUT2D eigenvalue weighted by Gasteiger charge is 2.19. The molecule has 11 nitrogen and oxygen atoms in total. The lowest BCUT2D eigenvalue weighted by molar-refractivity contribution is -0.140. The SMILES string of the molecule is COCCOCC(=O)Oc1ccc(CN(CC(=O)O)C(=O)c2ccc(NC(=O)Cc3ccc(OC)cc3)cc2)cc1. The number of carbonyl (C=O) groups is 4. The van der Waals surface area contributed by atoms with Gasteiger partial charge in [0.2, 0.25) is 5.91 Å². The molecule has 0 spiro atoms. The zero-order valence-electron chi connectivity index (χ0n) is 22.8. The summed E-state index contributed by atoms with van der Waals surface area (Å²) in [7, 11) is 3.09. The molecule has 0 bridgehead atoms. The van der Waals surface area contributed by atoms with Gasteiger partial charge in [-0.3, -0.25) is 14.4 Å². The number of ether oxygens (including phenoxy) is 4. The number of rotatable bonds is 15. The first-order chi connectivity index (χ1) is 19.8. The quantitative estimate of drug-likeness (QED) is 0.162. The van der Waals surface area contributed by atoms with Gasteiger partial charge in [0.1, 0.15) is 24.7 Å².